The lowest BCUT2D eigenvalue weighted by Crippen LogP contribution is -2.32. The van der Waals surface area contributed by atoms with E-state index < -0.39 is 11.6 Å². The van der Waals surface area contributed by atoms with Crippen LogP contribution in [0.2, 0.25) is 0 Å². The van der Waals surface area contributed by atoms with E-state index in [4.69, 9.17) is 0 Å². The van der Waals surface area contributed by atoms with Crippen molar-refractivity contribution in [2.24, 2.45) is 5.92 Å². The minimum Gasteiger partial charge on any atom is -0.371 e. The Morgan fingerprint density at radius 2 is 2.03 bits per heavy atom. The van der Waals surface area contributed by atoms with E-state index in [9.17, 15) is 8.78 Å². The van der Waals surface area contributed by atoms with Crippen molar-refractivity contribution in [3.8, 4) is 28.3 Å². The standard InChI is InChI=1S/C28H30F2N6/c1-3-18(2)31-13-19-8-9-34(14-19)23-5-7-26-21(10-23)16-35-15-20(24-6-4-22(29)12-25(24)30)11-27(35)28-32-17-33-36(26)28/h4-7,10-12,15,17-19,31H,3,8-9,13-14,16H2,1-2H3/t18-,19-/m1/s1. The Morgan fingerprint density at radius 3 is 2.86 bits per heavy atom. The first kappa shape index (κ1) is 22.9. The fourth-order valence-corrected chi connectivity index (χ4v) is 5.32. The topological polar surface area (TPSA) is 50.9 Å². The lowest BCUT2D eigenvalue weighted by atomic mass is 10.1. The van der Waals surface area contributed by atoms with Crippen molar-refractivity contribution >= 4 is 5.69 Å². The molecule has 4 aromatic rings. The van der Waals surface area contributed by atoms with Crippen LogP contribution in [0.4, 0.5) is 14.5 Å². The molecular formula is C28H30F2N6. The van der Waals surface area contributed by atoms with Gasteiger partial charge in [-0.2, -0.15) is 5.10 Å². The highest BCUT2D eigenvalue weighted by Crippen LogP contribution is 2.36. The molecule has 6 nitrogen and oxygen atoms in total. The van der Waals surface area contributed by atoms with Gasteiger partial charge in [-0.3, -0.25) is 0 Å². The summed E-state index contributed by atoms with van der Waals surface area (Å²) in [6.07, 6.45) is 5.78. The molecule has 4 heterocycles. The van der Waals surface area contributed by atoms with Crippen molar-refractivity contribution in [2.75, 3.05) is 24.5 Å². The number of nitrogens with one attached hydrogen (secondary N) is 1. The zero-order chi connectivity index (χ0) is 24.8. The number of nitrogens with zero attached hydrogens (tertiary/aromatic N) is 5. The third kappa shape index (κ3) is 4.09. The van der Waals surface area contributed by atoms with Gasteiger partial charge >= 0.3 is 0 Å². The Balaban J connectivity index is 1.31. The first-order valence-electron chi connectivity index (χ1n) is 12.7. The third-order valence-corrected chi connectivity index (χ3v) is 7.57. The molecule has 0 unspecified atom stereocenters. The zero-order valence-corrected chi connectivity index (χ0v) is 20.6. The average molecular weight is 489 g/mol. The molecule has 1 fully saturated rings. The van der Waals surface area contributed by atoms with Gasteiger partial charge in [0.15, 0.2) is 5.82 Å². The molecule has 0 spiro atoms. The van der Waals surface area contributed by atoms with Crippen molar-refractivity contribution in [2.45, 2.75) is 39.3 Å². The molecule has 0 amide bonds. The summed E-state index contributed by atoms with van der Waals surface area (Å²) in [4.78, 5) is 6.98. The van der Waals surface area contributed by atoms with E-state index in [-0.39, 0.29) is 0 Å². The summed E-state index contributed by atoms with van der Waals surface area (Å²) >= 11 is 0. The number of hydrogen-bond acceptors (Lipinski definition) is 4. The fourth-order valence-electron chi connectivity index (χ4n) is 5.32. The molecule has 0 radical (unpaired) electrons. The second kappa shape index (κ2) is 9.17. The maximum Gasteiger partial charge on any atom is 0.179 e. The summed E-state index contributed by atoms with van der Waals surface area (Å²) in [5.74, 6) is 0.181. The van der Waals surface area contributed by atoms with Crippen molar-refractivity contribution < 1.29 is 8.78 Å². The van der Waals surface area contributed by atoms with Gasteiger partial charge in [-0.05, 0) is 74.2 Å². The predicted molar refractivity (Wildman–Crippen MR) is 137 cm³/mol. The zero-order valence-electron chi connectivity index (χ0n) is 20.6. The number of fused-ring (bicyclic) bond motifs is 5. The van der Waals surface area contributed by atoms with E-state index in [1.807, 2.05) is 16.9 Å². The van der Waals surface area contributed by atoms with Gasteiger partial charge in [0.05, 0.1) is 11.4 Å². The Hall–Kier alpha value is -3.52. The fraction of sp³-hybridized carbons (Fsp3) is 0.357. The number of anilines is 1. The smallest absolute Gasteiger partial charge is 0.179 e. The first-order chi connectivity index (χ1) is 17.5. The number of aromatic nitrogens is 4. The van der Waals surface area contributed by atoms with Crippen molar-refractivity contribution in [1.82, 2.24) is 24.6 Å². The van der Waals surface area contributed by atoms with E-state index in [2.05, 4.69) is 56.9 Å². The van der Waals surface area contributed by atoms with Gasteiger partial charge in [-0.15, -0.1) is 0 Å². The highest BCUT2D eigenvalue weighted by atomic mass is 19.1. The molecule has 186 valence electrons. The molecule has 2 aromatic carbocycles. The van der Waals surface area contributed by atoms with Crippen LogP contribution in [0.15, 0.2) is 55.0 Å². The van der Waals surface area contributed by atoms with Crippen LogP contribution in [0.5, 0.6) is 0 Å². The summed E-state index contributed by atoms with van der Waals surface area (Å²) in [5, 5.41) is 8.15. The summed E-state index contributed by atoms with van der Waals surface area (Å²) in [6, 6.07) is 12.7. The van der Waals surface area contributed by atoms with Crippen LogP contribution in [0, 0.1) is 17.6 Å². The SMILES string of the molecule is CC[C@@H](C)NC[C@H]1CCN(c2ccc3c(c2)Cn2cc(-c4ccc(F)cc4F)cc2-c2ncnn2-3)C1. The van der Waals surface area contributed by atoms with Gasteiger partial charge in [0.2, 0.25) is 0 Å². The summed E-state index contributed by atoms with van der Waals surface area (Å²) in [7, 11) is 0. The molecular weight excluding hydrogens is 458 g/mol. The van der Waals surface area contributed by atoms with Crippen molar-refractivity contribution in [3.63, 3.8) is 0 Å². The van der Waals surface area contributed by atoms with Crippen LogP contribution in [-0.4, -0.2) is 45.0 Å². The summed E-state index contributed by atoms with van der Waals surface area (Å²) in [6.45, 7) is 8.20. The molecule has 6 rings (SSSR count). The second-order valence-corrected chi connectivity index (χ2v) is 9.99. The molecule has 0 saturated carbocycles. The average Bonchev–Trinajstić information content (AvgIpc) is 3.61. The first-order valence-corrected chi connectivity index (χ1v) is 12.7. The number of benzene rings is 2. The number of rotatable bonds is 6. The summed E-state index contributed by atoms with van der Waals surface area (Å²) in [5.41, 5.74) is 5.24. The molecule has 2 aromatic heterocycles. The van der Waals surface area contributed by atoms with E-state index in [0.29, 0.717) is 35.5 Å². The van der Waals surface area contributed by atoms with E-state index in [0.717, 1.165) is 49.1 Å². The largest absolute Gasteiger partial charge is 0.371 e. The maximum absolute atomic E-state index is 14.5. The van der Waals surface area contributed by atoms with Crippen LogP contribution in [-0.2, 0) is 6.54 Å². The molecule has 8 heteroatoms. The number of halogens is 2. The predicted octanol–water partition coefficient (Wildman–Crippen LogP) is 5.26. The third-order valence-electron chi connectivity index (χ3n) is 7.57. The van der Waals surface area contributed by atoms with Crippen LogP contribution < -0.4 is 10.2 Å². The van der Waals surface area contributed by atoms with E-state index in [1.54, 1.807) is 6.33 Å². The Kier molecular flexibility index (Phi) is 5.84. The van der Waals surface area contributed by atoms with Gasteiger partial charge in [0.25, 0.3) is 0 Å². The quantitative estimate of drug-likeness (QED) is 0.354. The Bertz CT molecular complexity index is 1410. The van der Waals surface area contributed by atoms with Gasteiger partial charge < -0.3 is 14.8 Å². The lowest BCUT2D eigenvalue weighted by molar-refractivity contribution is 0.456. The highest BCUT2D eigenvalue weighted by molar-refractivity contribution is 5.72. The normalized spacial score (nSPS) is 17.4. The minimum absolute atomic E-state index is 0.367. The van der Waals surface area contributed by atoms with Crippen LogP contribution in [0.3, 0.4) is 0 Å². The minimum atomic E-state index is -0.585. The monoisotopic (exact) mass is 488 g/mol. The van der Waals surface area contributed by atoms with E-state index in [1.165, 1.54) is 24.2 Å². The van der Waals surface area contributed by atoms with Gasteiger partial charge in [0, 0.05) is 54.8 Å². The maximum atomic E-state index is 14.5. The molecule has 0 bridgehead atoms. The Morgan fingerprint density at radius 1 is 1.14 bits per heavy atom. The molecule has 1 N–H and O–H groups in total. The second-order valence-electron chi connectivity index (χ2n) is 9.99. The molecule has 2 atom stereocenters. The van der Waals surface area contributed by atoms with Gasteiger partial charge in [-0.25, -0.2) is 18.4 Å². The molecule has 36 heavy (non-hydrogen) atoms. The summed E-state index contributed by atoms with van der Waals surface area (Å²) < 4.78 is 31.9. The van der Waals surface area contributed by atoms with Gasteiger partial charge in [0.1, 0.15) is 18.0 Å². The van der Waals surface area contributed by atoms with Crippen molar-refractivity contribution in [3.05, 3.63) is 72.2 Å². The van der Waals surface area contributed by atoms with Gasteiger partial charge in [-0.1, -0.05) is 6.92 Å². The van der Waals surface area contributed by atoms with Crippen molar-refractivity contribution in [1.29, 1.82) is 0 Å². The molecule has 0 aliphatic carbocycles. The lowest BCUT2D eigenvalue weighted by Gasteiger charge is -2.21. The number of hydrogen-bond donors (Lipinski definition) is 1. The van der Waals surface area contributed by atoms with E-state index >= 15 is 0 Å². The Labute approximate surface area is 209 Å². The molecule has 2 aliphatic heterocycles. The molecule has 2 aliphatic rings. The highest BCUT2D eigenvalue weighted by Gasteiger charge is 2.26. The van der Waals surface area contributed by atoms with Crippen LogP contribution >= 0.6 is 0 Å². The van der Waals surface area contributed by atoms with Crippen LogP contribution in [0.1, 0.15) is 32.3 Å². The van der Waals surface area contributed by atoms with Crippen LogP contribution in [0.25, 0.3) is 28.3 Å². The molecule has 1 saturated heterocycles.